The first-order valence-corrected chi connectivity index (χ1v) is 6.34. The summed E-state index contributed by atoms with van der Waals surface area (Å²) in [5, 5.41) is 6.36. The Kier molecular flexibility index (Phi) is 4.01. The Labute approximate surface area is 92.0 Å². The zero-order chi connectivity index (χ0) is 10.5. The van der Waals surface area contributed by atoms with Crippen molar-refractivity contribution in [2.75, 3.05) is 13.1 Å². The molecule has 3 nitrogen and oxygen atoms in total. The van der Waals surface area contributed by atoms with Crippen LogP contribution in [0.15, 0.2) is 0 Å². The summed E-state index contributed by atoms with van der Waals surface area (Å²) in [6, 6.07) is 0.390. The first-order chi connectivity index (χ1) is 7.34. The number of carbonyl (C=O) groups excluding carboxylic acids is 1. The van der Waals surface area contributed by atoms with E-state index in [0.717, 1.165) is 38.3 Å². The van der Waals surface area contributed by atoms with Gasteiger partial charge in [-0.05, 0) is 25.3 Å². The zero-order valence-electron chi connectivity index (χ0n) is 9.43. The highest BCUT2D eigenvalue weighted by molar-refractivity contribution is 5.76. The molecule has 0 spiro atoms. The third-order valence-electron chi connectivity index (χ3n) is 3.68. The van der Waals surface area contributed by atoms with Crippen LogP contribution in [0.2, 0.25) is 0 Å². The summed E-state index contributed by atoms with van der Waals surface area (Å²) >= 11 is 0. The Morgan fingerprint density at radius 3 is 2.73 bits per heavy atom. The summed E-state index contributed by atoms with van der Waals surface area (Å²) in [6.07, 6.45) is 8.37. The summed E-state index contributed by atoms with van der Waals surface area (Å²) < 4.78 is 0. The number of carbonyl (C=O) groups is 1. The predicted octanol–water partition coefficient (Wildman–Crippen LogP) is 1.43. The predicted molar refractivity (Wildman–Crippen MR) is 60.6 cm³/mol. The summed E-state index contributed by atoms with van der Waals surface area (Å²) in [5.41, 5.74) is 0. The fourth-order valence-electron chi connectivity index (χ4n) is 2.71. The third kappa shape index (κ3) is 3.49. The number of hydrogen-bond acceptors (Lipinski definition) is 2. The van der Waals surface area contributed by atoms with Crippen molar-refractivity contribution < 1.29 is 4.79 Å². The molecule has 15 heavy (non-hydrogen) atoms. The van der Waals surface area contributed by atoms with Crippen LogP contribution in [0.1, 0.15) is 44.9 Å². The van der Waals surface area contributed by atoms with Crippen LogP contribution in [-0.4, -0.2) is 25.0 Å². The molecule has 1 aliphatic carbocycles. The molecule has 0 bridgehead atoms. The van der Waals surface area contributed by atoms with Gasteiger partial charge in [0.05, 0.1) is 0 Å². The quantitative estimate of drug-likeness (QED) is 0.737. The molecule has 1 amide bonds. The van der Waals surface area contributed by atoms with Crippen molar-refractivity contribution in [3.63, 3.8) is 0 Å². The van der Waals surface area contributed by atoms with Crippen molar-refractivity contribution in [3.8, 4) is 0 Å². The SMILES string of the molecule is O=C(CCC1CCCC1)N[C@@H]1CCNC1. The maximum atomic E-state index is 11.6. The molecule has 1 atom stereocenters. The van der Waals surface area contributed by atoms with E-state index in [2.05, 4.69) is 10.6 Å². The Morgan fingerprint density at radius 1 is 1.27 bits per heavy atom. The van der Waals surface area contributed by atoms with Gasteiger partial charge in [-0.15, -0.1) is 0 Å². The largest absolute Gasteiger partial charge is 0.352 e. The van der Waals surface area contributed by atoms with Crippen LogP contribution >= 0.6 is 0 Å². The van der Waals surface area contributed by atoms with Gasteiger partial charge in [-0.2, -0.15) is 0 Å². The standard InChI is InChI=1S/C12H22N2O/c15-12(14-11-7-8-13-9-11)6-5-10-3-1-2-4-10/h10-11,13H,1-9H2,(H,14,15)/t11-/m1/s1. The van der Waals surface area contributed by atoms with E-state index in [-0.39, 0.29) is 5.91 Å². The molecule has 1 heterocycles. The van der Waals surface area contributed by atoms with E-state index in [4.69, 9.17) is 0 Å². The van der Waals surface area contributed by atoms with Gasteiger partial charge in [0.15, 0.2) is 0 Å². The second-order valence-corrected chi connectivity index (χ2v) is 4.95. The second kappa shape index (κ2) is 5.50. The van der Waals surface area contributed by atoms with Crippen LogP contribution < -0.4 is 10.6 Å². The van der Waals surface area contributed by atoms with E-state index < -0.39 is 0 Å². The minimum Gasteiger partial charge on any atom is -0.352 e. The van der Waals surface area contributed by atoms with Crippen molar-refractivity contribution in [3.05, 3.63) is 0 Å². The monoisotopic (exact) mass is 210 g/mol. The summed E-state index contributed by atoms with van der Waals surface area (Å²) in [6.45, 7) is 2.00. The van der Waals surface area contributed by atoms with Gasteiger partial charge in [0.1, 0.15) is 0 Å². The van der Waals surface area contributed by atoms with Crippen LogP contribution in [0.25, 0.3) is 0 Å². The highest BCUT2D eigenvalue weighted by Gasteiger charge is 2.19. The minimum atomic E-state index is 0.260. The Hall–Kier alpha value is -0.570. The molecule has 2 N–H and O–H groups in total. The normalized spacial score (nSPS) is 27.1. The average molecular weight is 210 g/mol. The van der Waals surface area contributed by atoms with Crippen LogP contribution in [-0.2, 0) is 4.79 Å². The lowest BCUT2D eigenvalue weighted by Crippen LogP contribution is -2.36. The first kappa shape index (κ1) is 10.9. The lowest BCUT2D eigenvalue weighted by Gasteiger charge is -2.12. The van der Waals surface area contributed by atoms with Gasteiger partial charge in [-0.1, -0.05) is 25.7 Å². The van der Waals surface area contributed by atoms with E-state index in [9.17, 15) is 4.79 Å². The van der Waals surface area contributed by atoms with Gasteiger partial charge in [-0.25, -0.2) is 0 Å². The van der Waals surface area contributed by atoms with E-state index in [1.165, 1.54) is 25.7 Å². The molecule has 0 aromatic carbocycles. The first-order valence-electron chi connectivity index (χ1n) is 6.34. The van der Waals surface area contributed by atoms with Gasteiger partial charge in [0.25, 0.3) is 0 Å². The molecule has 1 saturated carbocycles. The Bertz CT molecular complexity index is 206. The highest BCUT2D eigenvalue weighted by Crippen LogP contribution is 2.28. The topological polar surface area (TPSA) is 41.1 Å². The molecule has 3 heteroatoms. The molecule has 0 unspecified atom stereocenters. The minimum absolute atomic E-state index is 0.260. The Balaban J connectivity index is 1.59. The van der Waals surface area contributed by atoms with E-state index in [1.807, 2.05) is 0 Å². The number of rotatable bonds is 4. The third-order valence-corrected chi connectivity index (χ3v) is 3.68. The molecule has 86 valence electrons. The van der Waals surface area contributed by atoms with Crippen LogP contribution in [0, 0.1) is 5.92 Å². The second-order valence-electron chi connectivity index (χ2n) is 4.95. The van der Waals surface area contributed by atoms with Gasteiger partial charge in [0.2, 0.25) is 5.91 Å². The van der Waals surface area contributed by atoms with Crippen molar-refractivity contribution >= 4 is 5.91 Å². The van der Waals surface area contributed by atoms with Crippen LogP contribution in [0.3, 0.4) is 0 Å². The molecular formula is C12H22N2O. The van der Waals surface area contributed by atoms with Crippen LogP contribution in [0.4, 0.5) is 0 Å². The lowest BCUT2D eigenvalue weighted by molar-refractivity contribution is -0.122. The molecule has 2 fully saturated rings. The highest BCUT2D eigenvalue weighted by atomic mass is 16.1. The van der Waals surface area contributed by atoms with Crippen molar-refractivity contribution in [1.82, 2.24) is 10.6 Å². The lowest BCUT2D eigenvalue weighted by atomic mass is 10.0. The van der Waals surface area contributed by atoms with E-state index in [1.54, 1.807) is 0 Å². The fraction of sp³-hybridized carbons (Fsp3) is 0.917. The number of amides is 1. The summed E-state index contributed by atoms with van der Waals surface area (Å²) in [7, 11) is 0. The molecule has 0 radical (unpaired) electrons. The number of nitrogens with one attached hydrogen (secondary N) is 2. The Morgan fingerprint density at radius 2 is 2.07 bits per heavy atom. The van der Waals surface area contributed by atoms with Gasteiger partial charge < -0.3 is 10.6 Å². The van der Waals surface area contributed by atoms with Gasteiger partial charge in [0, 0.05) is 19.0 Å². The van der Waals surface area contributed by atoms with Crippen molar-refractivity contribution in [2.45, 2.75) is 51.0 Å². The smallest absolute Gasteiger partial charge is 0.220 e. The fourth-order valence-corrected chi connectivity index (χ4v) is 2.71. The maximum absolute atomic E-state index is 11.6. The van der Waals surface area contributed by atoms with E-state index >= 15 is 0 Å². The van der Waals surface area contributed by atoms with Crippen molar-refractivity contribution in [1.29, 1.82) is 0 Å². The van der Waals surface area contributed by atoms with Gasteiger partial charge >= 0.3 is 0 Å². The van der Waals surface area contributed by atoms with Crippen molar-refractivity contribution in [2.24, 2.45) is 5.92 Å². The summed E-state index contributed by atoms with van der Waals surface area (Å²) in [5.74, 6) is 1.09. The number of hydrogen-bond donors (Lipinski definition) is 2. The maximum Gasteiger partial charge on any atom is 0.220 e. The average Bonchev–Trinajstić information content (AvgIpc) is 2.86. The molecule has 2 rings (SSSR count). The van der Waals surface area contributed by atoms with Crippen LogP contribution in [0.5, 0.6) is 0 Å². The molecule has 1 aliphatic heterocycles. The zero-order valence-corrected chi connectivity index (χ0v) is 9.43. The summed E-state index contributed by atoms with van der Waals surface area (Å²) in [4.78, 5) is 11.6. The molecule has 2 aliphatic rings. The van der Waals surface area contributed by atoms with Gasteiger partial charge in [-0.3, -0.25) is 4.79 Å². The molecule has 0 aromatic heterocycles. The molecule has 0 aromatic rings. The molecule has 1 saturated heterocycles. The molecular weight excluding hydrogens is 188 g/mol. The van der Waals surface area contributed by atoms with E-state index in [0.29, 0.717) is 6.04 Å².